The molecule has 8 heteroatoms. The van der Waals surface area contributed by atoms with Crippen molar-refractivity contribution in [1.29, 1.82) is 0 Å². The molecule has 0 fully saturated rings. The maximum atomic E-state index is 11.4. The van der Waals surface area contributed by atoms with E-state index in [1.807, 2.05) is 0 Å². The fraction of sp³-hybridized carbons (Fsp3) is 0.308. The summed E-state index contributed by atoms with van der Waals surface area (Å²) in [7, 11) is 0. The number of fused-ring (bicyclic) bond motifs is 1. The lowest BCUT2D eigenvalue weighted by atomic mass is 9.94. The minimum Gasteiger partial charge on any atom is -0.478 e. The van der Waals surface area contributed by atoms with Gasteiger partial charge in [0.15, 0.2) is 5.82 Å². The molecule has 0 saturated carbocycles. The Balaban J connectivity index is 2.15. The highest BCUT2D eigenvalue weighted by Gasteiger charge is 2.22. The average molecular weight is 288 g/mol. The van der Waals surface area contributed by atoms with Gasteiger partial charge in [-0.2, -0.15) is 0 Å². The first-order valence-corrected chi connectivity index (χ1v) is 6.51. The van der Waals surface area contributed by atoms with Gasteiger partial charge in [-0.05, 0) is 47.2 Å². The van der Waals surface area contributed by atoms with Gasteiger partial charge in [-0.15, -0.1) is 0 Å². The Morgan fingerprint density at radius 1 is 1.38 bits per heavy atom. The summed E-state index contributed by atoms with van der Waals surface area (Å²) in [5.74, 6) is -1.28. The van der Waals surface area contributed by atoms with Crippen LogP contribution in [-0.2, 0) is 12.8 Å². The lowest BCUT2D eigenvalue weighted by molar-refractivity contribution is -0.389. The van der Waals surface area contributed by atoms with Crippen molar-refractivity contribution < 1.29 is 14.8 Å². The predicted octanol–water partition coefficient (Wildman–Crippen LogP) is 1.75. The van der Waals surface area contributed by atoms with Gasteiger partial charge >= 0.3 is 11.8 Å². The molecular weight excluding hydrogens is 276 g/mol. The molecular formula is C13H12N4O4. The number of nitrogens with zero attached hydrogens (tertiary/aromatic N) is 4. The van der Waals surface area contributed by atoms with Gasteiger partial charge in [0, 0.05) is 5.69 Å². The van der Waals surface area contributed by atoms with Crippen molar-refractivity contribution in [3.8, 4) is 5.82 Å². The Morgan fingerprint density at radius 2 is 2.14 bits per heavy atom. The van der Waals surface area contributed by atoms with Crippen LogP contribution in [0.1, 0.15) is 34.5 Å². The SMILES string of the molecule is O=C(O)c1cc2c(nc1-n1cnc([N+](=O)[O-])c1)CCCC2. The lowest BCUT2D eigenvalue weighted by Crippen LogP contribution is -2.13. The number of carbonyl (C=O) groups is 1. The van der Waals surface area contributed by atoms with Gasteiger partial charge in [-0.3, -0.25) is 4.57 Å². The van der Waals surface area contributed by atoms with Crippen molar-refractivity contribution in [2.75, 3.05) is 0 Å². The molecule has 1 aliphatic rings. The monoisotopic (exact) mass is 288 g/mol. The number of pyridine rings is 1. The highest BCUT2D eigenvalue weighted by Crippen LogP contribution is 2.25. The molecule has 8 nitrogen and oxygen atoms in total. The van der Waals surface area contributed by atoms with Crippen molar-refractivity contribution in [3.63, 3.8) is 0 Å². The Labute approximate surface area is 119 Å². The molecule has 21 heavy (non-hydrogen) atoms. The van der Waals surface area contributed by atoms with Gasteiger partial charge in [-0.1, -0.05) is 0 Å². The molecule has 0 spiro atoms. The van der Waals surface area contributed by atoms with Crippen molar-refractivity contribution >= 4 is 11.8 Å². The smallest absolute Gasteiger partial charge is 0.381 e. The number of hydrogen-bond acceptors (Lipinski definition) is 5. The summed E-state index contributed by atoms with van der Waals surface area (Å²) in [6, 6.07) is 1.62. The van der Waals surface area contributed by atoms with E-state index >= 15 is 0 Å². The number of aromatic nitrogens is 3. The van der Waals surface area contributed by atoms with Crippen molar-refractivity contribution in [3.05, 3.63) is 45.5 Å². The number of nitro groups is 1. The topological polar surface area (TPSA) is 111 Å². The van der Waals surface area contributed by atoms with E-state index in [1.54, 1.807) is 6.07 Å². The molecule has 0 saturated heterocycles. The van der Waals surface area contributed by atoms with Crippen LogP contribution in [0.15, 0.2) is 18.6 Å². The molecule has 0 amide bonds. The summed E-state index contributed by atoms with van der Waals surface area (Å²) in [4.78, 5) is 29.5. The number of aromatic carboxylic acids is 1. The second-order valence-electron chi connectivity index (χ2n) is 4.87. The average Bonchev–Trinajstić information content (AvgIpc) is 2.95. The zero-order chi connectivity index (χ0) is 15.0. The first-order chi connectivity index (χ1) is 10.1. The highest BCUT2D eigenvalue weighted by molar-refractivity contribution is 5.91. The van der Waals surface area contributed by atoms with Crippen LogP contribution in [0.4, 0.5) is 5.82 Å². The normalized spacial score (nSPS) is 13.7. The first-order valence-electron chi connectivity index (χ1n) is 6.51. The summed E-state index contributed by atoms with van der Waals surface area (Å²) in [6.07, 6.45) is 6.01. The Kier molecular flexibility index (Phi) is 3.13. The van der Waals surface area contributed by atoms with Gasteiger partial charge in [0.1, 0.15) is 11.8 Å². The van der Waals surface area contributed by atoms with Gasteiger partial charge < -0.3 is 15.2 Å². The summed E-state index contributed by atoms with van der Waals surface area (Å²) in [5.41, 5.74) is 1.83. The molecule has 0 aliphatic heterocycles. The number of rotatable bonds is 3. The molecule has 2 heterocycles. The third-order valence-electron chi connectivity index (χ3n) is 3.51. The van der Waals surface area contributed by atoms with Crippen LogP contribution in [-0.4, -0.2) is 30.5 Å². The molecule has 0 unspecified atom stereocenters. The largest absolute Gasteiger partial charge is 0.478 e. The van der Waals surface area contributed by atoms with Gasteiger partial charge in [-0.25, -0.2) is 9.78 Å². The van der Waals surface area contributed by atoms with Crippen LogP contribution in [0.2, 0.25) is 0 Å². The quantitative estimate of drug-likeness (QED) is 0.680. The second kappa shape index (κ2) is 4.97. The fourth-order valence-electron chi connectivity index (χ4n) is 2.50. The van der Waals surface area contributed by atoms with Crippen LogP contribution in [0, 0.1) is 10.1 Å². The van der Waals surface area contributed by atoms with Crippen LogP contribution >= 0.6 is 0 Å². The van der Waals surface area contributed by atoms with E-state index in [2.05, 4.69) is 9.97 Å². The third-order valence-corrected chi connectivity index (χ3v) is 3.51. The molecule has 0 aromatic carbocycles. The number of hydrogen-bond donors (Lipinski definition) is 1. The minimum atomic E-state index is -1.11. The summed E-state index contributed by atoms with van der Waals surface area (Å²) in [5, 5.41) is 20.0. The zero-order valence-corrected chi connectivity index (χ0v) is 11.0. The molecule has 0 bridgehead atoms. The Bertz CT molecular complexity index is 738. The van der Waals surface area contributed by atoms with Gasteiger partial charge in [0.05, 0.1) is 0 Å². The zero-order valence-electron chi connectivity index (χ0n) is 11.0. The molecule has 2 aromatic heterocycles. The van der Waals surface area contributed by atoms with E-state index < -0.39 is 10.9 Å². The minimum absolute atomic E-state index is 0.0305. The van der Waals surface area contributed by atoms with E-state index in [1.165, 1.54) is 17.1 Å². The third kappa shape index (κ3) is 2.35. The maximum absolute atomic E-state index is 11.4. The standard InChI is InChI=1S/C13H12N4O4/c18-13(19)9-5-8-3-1-2-4-10(8)15-12(9)16-6-11(14-7-16)17(20)21/h5-7H,1-4H2,(H,18,19). The fourth-order valence-corrected chi connectivity index (χ4v) is 2.50. The molecule has 0 radical (unpaired) electrons. The van der Waals surface area contributed by atoms with E-state index in [4.69, 9.17) is 0 Å². The second-order valence-corrected chi connectivity index (χ2v) is 4.87. The molecule has 0 atom stereocenters. The van der Waals surface area contributed by atoms with E-state index in [-0.39, 0.29) is 17.2 Å². The van der Waals surface area contributed by atoms with Crippen LogP contribution in [0.25, 0.3) is 5.82 Å². The predicted molar refractivity (Wildman–Crippen MR) is 71.6 cm³/mol. The lowest BCUT2D eigenvalue weighted by Gasteiger charge is -2.17. The number of carboxylic acids is 1. The first kappa shape index (κ1) is 13.2. The van der Waals surface area contributed by atoms with Crippen LogP contribution < -0.4 is 0 Å². The molecule has 3 rings (SSSR count). The van der Waals surface area contributed by atoms with E-state index in [0.717, 1.165) is 36.9 Å². The molecule has 1 N–H and O–H groups in total. The van der Waals surface area contributed by atoms with Crippen molar-refractivity contribution in [2.24, 2.45) is 0 Å². The maximum Gasteiger partial charge on any atom is 0.381 e. The van der Waals surface area contributed by atoms with Crippen LogP contribution in [0.3, 0.4) is 0 Å². The van der Waals surface area contributed by atoms with Crippen molar-refractivity contribution in [2.45, 2.75) is 25.7 Å². The summed E-state index contributed by atoms with van der Waals surface area (Å²) < 4.78 is 1.29. The summed E-state index contributed by atoms with van der Waals surface area (Å²) in [6.45, 7) is 0. The van der Waals surface area contributed by atoms with Gasteiger partial charge in [0.25, 0.3) is 0 Å². The van der Waals surface area contributed by atoms with E-state index in [9.17, 15) is 20.0 Å². The Hall–Kier alpha value is -2.77. The number of carboxylic acid groups (broad SMARTS) is 1. The summed E-state index contributed by atoms with van der Waals surface area (Å²) >= 11 is 0. The number of aryl methyl sites for hydroxylation is 2. The number of imidazole rings is 1. The molecule has 2 aromatic rings. The van der Waals surface area contributed by atoms with E-state index in [0.29, 0.717) is 0 Å². The molecule has 108 valence electrons. The Morgan fingerprint density at radius 3 is 2.81 bits per heavy atom. The van der Waals surface area contributed by atoms with Crippen LogP contribution in [0.5, 0.6) is 0 Å². The molecule has 1 aliphatic carbocycles. The highest BCUT2D eigenvalue weighted by atomic mass is 16.6. The van der Waals surface area contributed by atoms with Gasteiger partial charge in [0.2, 0.25) is 6.33 Å². The van der Waals surface area contributed by atoms with Crippen molar-refractivity contribution in [1.82, 2.24) is 14.5 Å².